The fourth-order valence-corrected chi connectivity index (χ4v) is 6.17. The molecule has 5 heteroatoms. The third-order valence-electron chi connectivity index (χ3n) is 4.76. The highest BCUT2D eigenvalue weighted by molar-refractivity contribution is 7.92. The lowest BCUT2D eigenvalue weighted by Gasteiger charge is -2.38. The minimum Gasteiger partial charge on any atom is -0.294 e. The van der Waals surface area contributed by atoms with Crippen LogP contribution in [-0.4, -0.2) is 24.7 Å². The summed E-state index contributed by atoms with van der Waals surface area (Å²) in [5, 5.41) is 8.38. The molecule has 2 unspecified atom stereocenters. The number of carbonyl (C=O) groups is 1. The van der Waals surface area contributed by atoms with E-state index in [-0.39, 0.29) is 22.2 Å². The van der Waals surface area contributed by atoms with Crippen molar-refractivity contribution in [1.82, 2.24) is 0 Å². The Morgan fingerprint density at radius 2 is 1.76 bits per heavy atom. The maximum absolute atomic E-state index is 12.7. The average Bonchev–Trinajstić information content (AvgIpc) is 2.45. The van der Waals surface area contributed by atoms with Gasteiger partial charge in [0.25, 0.3) is 0 Å². The number of benzene rings is 1. The van der Waals surface area contributed by atoms with Gasteiger partial charge in [0.2, 0.25) is 0 Å². The lowest BCUT2D eigenvalue weighted by Crippen LogP contribution is -2.45. The number of hydrogen-bond acceptors (Lipinski definition) is 4. The first-order valence-corrected chi connectivity index (χ1v) is 8.91. The van der Waals surface area contributed by atoms with Gasteiger partial charge in [-0.2, -0.15) is 5.26 Å². The van der Waals surface area contributed by atoms with Crippen LogP contribution in [0.5, 0.6) is 0 Å². The van der Waals surface area contributed by atoms with E-state index in [1.54, 1.807) is 24.3 Å². The van der Waals surface area contributed by atoms with E-state index in [0.29, 0.717) is 36.8 Å². The molecule has 2 aliphatic heterocycles. The largest absolute Gasteiger partial charge is 0.294 e. The lowest BCUT2D eigenvalue weighted by atomic mass is 9.83. The van der Waals surface area contributed by atoms with Gasteiger partial charge in [-0.25, -0.2) is 8.42 Å². The molecule has 0 amide bonds. The molecule has 2 bridgehead atoms. The number of hydrogen-bond donors (Lipinski definition) is 0. The van der Waals surface area contributed by atoms with Gasteiger partial charge in [0.05, 0.1) is 22.1 Å². The molecule has 1 aromatic rings. The number of Topliss-reactive ketones (excluding diaryl/α,β-unsaturated/α-hetero) is 1. The Balaban J connectivity index is 1.89. The Kier molecular flexibility index (Phi) is 3.58. The van der Waals surface area contributed by atoms with Gasteiger partial charge in [-0.1, -0.05) is 24.6 Å². The van der Waals surface area contributed by atoms with Crippen LogP contribution in [0.15, 0.2) is 24.3 Å². The number of ketones is 1. The molecular formula is C16H17NO3S. The summed E-state index contributed by atoms with van der Waals surface area (Å²) in [6, 6.07) is 8.82. The van der Waals surface area contributed by atoms with Gasteiger partial charge in [0, 0.05) is 11.5 Å². The van der Waals surface area contributed by atoms with E-state index >= 15 is 0 Å². The Morgan fingerprint density at radius 1 is 1.14 bits per heavy atom. The molecule has 2 saturated heterocycles. The van der Waals surface area contributed by atoms with Crippen LogP contribution < -0.4 is 0 Å². The molecular weight excluding hydrogens is 286 g/mol. The monoisotopic (exact) mass is 303 g/mol. The van der Waals surface area contributed by atoms with Gasteiger partial charge in [0.15, 0.2) is 15.6 Å². The second kappa shape index (κ2) is 5.27. The summed E-state index contributed by atoms with van der Waals surface area (Å²) in [5.41, 5.74) is 0.809. The molecule has 2 aliphatic rings. The summed E-state index contributed by atoms with van der Waals surface area (Å²) in [6.07, 6.45) is 3.10. The molecule has 2 fully saturated rings. The molecule has 0 saturated carbocycles. The first-order chi connectivity index (χ1) is 10.0. The van der Waals surface area contributed by atoms with Gasteiger partial charge in [-0.05, 0) is 31.7 Å². The van der Waals surface area contributed by atoms with Gasteiger partial charge >= 0.3 is 0 Å². The number of fused-ring (bicyclic) bond motifs is 2. The van der Waals surface area contributed by atoms with Crippen LogP contribution in [-0.2, 0) is 9.84 Å². The normalized spacial score (nSPS) is 30.3. The smallest absolute Gasteiger partial charge is 0.167 e. The van der Waals surface area contributed by atoms with Crippen LogP contribution >= 0.6 is 0 Å². The molecule has 1 aromatic carbocycles. The van der Waals surface area contributed by atoms with Crippen molar-refractivity contribution >= 4 is 15.6 Å². The number of nitrogens with zero attached hydrogens (tertiary/aromatic N) is 1. The summed E-state index contributed by atoms with van der Waals surface area (Å²) >= 11 is 0. The molecule has 0 spiro atoms. The highest BCUT2D eigenvalue weighted by atomic mass is 32.2. The van der Waals surface area contributed by atoms with Crippen LogP contribution in [0, 0.1) is 17.2 Å². The fourth-order valence-electron chi connectivity index (χ4n) is 3.64. The predicted molar refractivity (Wildman–Crippen MR) is 78.6 cm³/mol. The van der Waals surface area contributed by atoms with E-state index in [1.165, 1.54) is 0 Å². The maximum atomic E-state index is 12.7. The molecule has 0 N–H and O–H groups in total. The number of sulfone groups is 1. The van der Waals surface area contributed by atoms with Crippen molar-refractivity contribution < 1.29 is 13.2 Å². The summed E-state index contributed by atoms with van der Waals surface area (Å²) in [4.78, 5) is 12.7. The van der Waals surface area contributed by atoms with Crippen molar-refractivity contribution in [2.24, 2.45) is 5.92 Å². The van der Waals surface area contributed by atoms with E-state index in [1.807, 2.05) is 6.07 Å². The standard InChI is InChI=1S/C16H17NO3S/c17-10-11-4-1-2-7-15(11)16(18)12-8-13-5-3-6-14(9-12)21(13,19)20/h1-2,4,7,12-14H,3,5-6,8-9H2. The SMILES string of the molecule is N#Cc1ccccc1C(=O)C1CC2CCCC(C1)S2(=O)=O. The minimum atomic E-state index is -3.05. The molecule has 4 nitrogen and oxygen atoms in total. The Labute approximate surface area is 124 Å². The summed E-state index contributed by atoms with van der Waals surface area (Å²) in [7, 11) is -3.05. The molecule has 21 heavy (non-hydrogen) atoms. The molecule has 3 rings (SSSR count). The van der Waals surface area contributed by atoms with Crippen molar-refractivity contribution in [3.8, 4) is 6.07 Å². The van der Waals surface area contributed by atoms with Gasteiger partial charge in [-0.3, -0.25) is 4.79 Å². The van der Waals surface area contributed by atoms with E-state index in [4.69, 9.17) is 5.26 Å². The second-order valence-electron chi connectivity index (χ2n) is 5.95. The van der Waals surface area contributed by atoms with Crippen molar-refractivity contribution in [1.29, 1.82) is 5.26 Å². The number of carbonyl (C=O) groups excluding carboxylic acids is 1. The van der Waals surface area contributed by atoms with E-state index in [2.05, 4.69) is 0 Å². The Bertz CT molecular complexity index is 697. The average molecular weight is 303 g/mol. The number of nitriles is 1. The summed E-state index contributed by atoms with van der Waals surface area (Å²) in [6.45, 7) is 0. The third-order valence-corrected chi connectivity index (χ3v) is 7.47. The van der Waals surface area contributed by atoms with E-state index in [0.717, 1.165) is 6.42 Å². The Morgan fingerprint density at radius 3 is 2.38 bits per heavy atom. The van der Waals surface area contributed by atoms with E-state index in [9.17, 15) is 13.2 Å². The molecule has 0 aromatic heterocycles. The second-order valence-corrected chi connectivity index (χ2v) is 8.47. The third kappa shape index (κ3) is 2.38. The maximum Gasteiger partial charge on any atom is 0.167 e. The predicted octanol–water partition coefficient (Wildman–Crippen LogP) is 2.49. The zero-order valence-corrected chi connectivity index (χ0v) is 12.5. The van der Waals surface area contributed by atoms with Crippen LogP contribution in [0.4, 0.5) is 0 Å². The highest BCUT2D eigenvalue weighted by Crippen LogP contribution is 2.40. The topological polar surface area (TPSA) is 75.0 Å². The van der Waals surface area contributed by atoms with Crippen LogP contribution in [0.2, 0.25) is 0 Å². The summed E-state index contributed by atoms with van der Waals surface area (Å²) < 4.78 is 24.5. The van der Waals surface area contributed by atoms with Crippen LogP contribution in [0.25, 0.3) is 0 Å². The van der Waals surface area contributed by atoms with Crippen LogP contribution in [0.1, 0.15) is 48.0 Å². The minimum absolute atomic E-state index is 0.0704. The molecule has 110 valence electrons. The first kappa shape index (κ1) is 14.3. The van der Waals surface area contributed by atoms with Crippen molar-refractivity contribution in [2.45, 2.75) is 42.6 Å². The van der Waals surface area contributed by atoms with Crippen LogP contribution in [0.3, 0.4) is 0 Å². The molecule has 2 atom stereocenters. The fraction of sp³-hybridized carbons (Fsp3) is 0.500. The number of rotatable bonds is 2. The first-order valence-electron chi connectivity index (χ1n) is 7.30. The van der Waals surface area contributed by atoms with E-state index < -0.39 is 9.84 Å². The van der Waals surface area contributed by atoms with Crippen molar-refractivity contribution in [2.75, 3.05) is 0 Å². The molecule has 0 aliphatic carbocycles. The quantitative estimate of drug-likeness (QED) is 0.787. The zero-order chi connectivity index (χ0) is 15.0. The molecule has 2 heterocycles. The zero-order valence-electron chi connectivity index (χ0n) is 11.7. The van der Waals surface area contributed by atoms with Gasteiger partial charge < -0.3 is 0 Å². The van der Waals surface area contributed by atoms with Crippen molar-refractivity contribution in [3.05, 3.63) is 35.4 Å². The summed E-state index contributed by atoms with van der Waals surface area (Å²) in [5.74, 6) is -0.336. The highest BCUT2D eigenvalue weighted by Gasteiger charge is 2.46. The molecule has 0 radical (unpaired) electrons. The Hall–Kier alpha value is -1.67. The lowest BCUT2D eigenvalue weighted by molar-refractivity contribution is 0.0893. The van der Waals surface area contributed by atoms with Gasteiger partial charge in [-0.15, -0.1) is 0 Å². The van der Waals surface area contributed by atoms with Crippen molar-refractivity contribution in [3.63, 3.8) is 0 Å². The van der Waals surface area contributed by atoms with Gasteiger partial charge in [0.1, 0.15) is 0 Å².